The van der Waals surface area contributed by atoms with Crippen molar-refractivity contribution < 1.29 is 0 Å². The van der Waals surface area contributed by atoms with Crippen LogP contribution in [0.4, 0.5) is 0 Å². The summed E-state index contributed by atoms with van der Waals surface area (Å²) in [6, 6.07) is 18.6. The molecule has 2 aromatic carbocycles. The molecule has 0 spiro atoms. The molecule has 1 atom stereocenters. The van der Waals surface area contributed by atoms with E-state index >= 15 is 0 Å². The molecule has 7 heteroatoms. The number of nitrogens with zero attached hydrogens (tertiary/aromatic N) is 4. The number of nitrogens with one attached hydrogen (secondary N) is 1. The van der Waals surface area contributed by atoms with Crippen molar-refractivity contribution in [2.24, 2.45) is 10.9 Å². The fraction of sp³-hybridized carbons (Fsp3) is 0.308. The van der Waals surface area contributed by atoms with Gasteiger partial charge in [0.15, 0.2) is 0 Å². The topological polar surface area (TPSA) is 100 Å². The number of nitroso groups, excluding NO2 is 1. The number of hydrogen-bond acceptors (Lipinski definition) is 6. The number of aromatic nitrogens is 3. The Hall–Kier alpha value is -3.42. The first-order valence-electron chi connectivity index (χ1n) is 11.5. The summed E-state index contributed by atoms with van der Waals surface area (Å²) in [6.07, 6.45) is 5.10. The third-order valence-electron chi connectivity index (χ3n) is 6.51. The summed E-state index contributed by atoms with van der Waals surface area (Å²) in [4.78, 5) is 26.7. The van der Waals surface area contributed by atoms with Crippen LogP contribution in [-0.4, -0.2) is 19.9 Å². The first-order valence-corrected chi connectivity index (χ1v) is 11.5. The van der Waals surface area contributed by atoms with Gasteiger partial charge in [-0.2, -0.15) is 4.91 Å². The second-order valence-corrected chi connectivity index (χ2v) is 8.66. The molecule has 3 N–H and O–H groups in total. The van der Waals surface area contributed by atoms with E-state index < -0.39 is 0 Å². The zero-order valence-corrected chi connectivity index (χ0v) is 18.6. The van der Waals surface area contributed by atoms with Gasteiger partial charge < -0.3 is 10.7 Å². The predicted octanol–water partition coefficient (Wildman–Crippen LogP) is 4.76. The minimum absolute atomic E-state index is 0.140. The lowest BCUT2D eigenvalue weighted by Gasteiger charge is -2.35. The van der Waals surface area contributed by atoms with Crippen molar-refractivity contribution in [3.05, 3.63) is 99.5 Å². The van der Waals surface area contributed by atoms with Gasteiger partial charge in [0.2, 0.25) is 0 Å². The van der Waals surface area contributed by atoms with Crippen molar-refractivity contribution in [2.45, 2.75) is 51.5 Å². The van der Waals surface area contributed by atoms with E-state index in [-0.39, 0.29) is 12.6 Å². The fourth-order valence-electron chi connectivity index (χ4n) is 4.89. The van der Waals surface area contributed by atoms with Crippen molar-refractivity contribution in [2.75, 3.05) is 0 Å². The van der Waals surface area contributed by atoms with E-state index in [1.807, 2.05) is 48.7 Å². The molecule has 0 fully saturated rings. The molecule has 0 saturated heterocycles. The zero-order valence-electron chi connectivity index (χ0n) is 18.6. The van der Waals surface area contributed by atoms with Crippen LogP contribution >= 0.6 is 0 Å². The van der Waals surface area contributed by atoms with Gasteiger partial charge in [0.25, 0.3) is 0 Å². The third-order valence-corrected chi connectivity index (χ3v) is 6.51. The molecule has 1 unspecified atom stereocenters. The molecule has 2 heterocycles. The van der Waals surface area contributed by atoms with Gasteiger partial charge in [-0.3, -0.25) is 9.88 Å². The molecule has 0 saturated carbocycles. The standard InChI is InChI=1S/C26H28N6O/c27-14-18-10-11-20(21(13-18)15-29-33)16-32(17-25-30-22-7-1-2-8-23(22)31-25)24-9-3-5-19-6-4-12-28-26(19)24/h1-2,4,6-8,10-13,24H,3,5,9,14-17,27H2,(H,30,31). The highest BCUT2D eigenvalue weighted by molar-refractivity contribution is 5.74. The lowest BCUT2D eigenvalue weighted by atomic mass is 9.90. The number of imidazole rings is 1. The van der Waals surface area contributed by atoms with Crippen LogP contribution in [-0.2, 0) is 32.6 Å². The summed E-state index contributed by atoms with van der Waals surface area (Å²) >= 11 is 0. The van der Waals surface area contributed by atoms with E-state index in [1.165, 1.54) is 5.56 Å². The highest BCUT2D eigenvalue weighted by Crippen LogP contribution is 2.35. The van der Waals surface area contributed by atoms with Crippen LogP contribution in [0, 0.1) is 4.91 Å². The molecule has 7 nitrogen and oxygen atoms in total. The first-order chi connectivity index (χ1) is 16.2. The van der Waals surface area contributed by atoms with Gasteiger partial charge in [0.05, 0.1) is 29.3 Å². The van der Waals surface area contributed by atoms with Crippen molar-refractivity contribution >= 4 is 11.0 Å². The largest absolute Gasteiger partial charge is 0.341 e. The maximum atomic E-state index is 11.1. The number of rotatable bonds is 8. The van der Waals surface area contributed by atoms with Crippen LogP contribution in [0.1, 0.15) is 52.7 Å². The Morgan fingerprint density at radius 3 is 2.85 bits per heavy atom. The second kappa shape index (κ2) is 9.60. The average Bonchev–Trinajstić information content (AvgIpc) is 3.27. The van der Waals surface area contributed by atoms with E-state index in [0.717, 1.165) is 58.5 Å². The number of para-hydroxylation sites is 2. The van der Waals surface area contributed by atoms with Gasteiger partial charge in [-0.15, -0.1) is 0 Å². The van der Waals surface area contributed by atoms with Gasteiger partial charge in [0.1, 0.15) is 12.4 Å². The summed E-state index contributed by atoms with van der Waals surface area (Å²) in [7, 11) is 0. The van der Waals surface area contributed by atoms with Crippen LogP contribution in [0.2, 0.25) is 0 Å². The Labute approximate surface area is 193 Å². The lowest BCUT2D eigenvalue weighted by Crippen LogP contribution is -2.32. The van der Waals surface area contributed by atoms with Crippen molar-refractivity contribution in [3.8, 4) is 0 Å². The van der Waals surface area contributed by atoms with Gasteiger partial charge in [-0.1, -0.05) is 41.6 Å². The van der Waals surface area contributed by atoms with E-state index in [4.69, 9.17) is 15.7 Å². The van der Waals surface area contributed by atoms with Crippen LogP contribution in [0.3, 0.4) is 0 Å². The molecular weight excluding hydrogens is 412 g/mol. The minimum atomic E-state index is 0.140. The smallest absolute Gasteiger partial charge is 0.121 e. The number of nitrogens with two attached hydrogens (primary N) is 1. The maximum absolute atomic E-state index is 11.1. The molecule has 0 radical (unpaired) electrons. The van der Waals surface area contributed by atoms with Crippen molar-refractivity contribution in [3.63, 3.8) is 0 Å². The number of H-pyrrole nitrogens is 1. The summed E-state index contributed by atoms with van der Waals surface area (Å²) in [5, 5.41) is 3.17. The molecule has 1 aliphatic carbocycles. The van der Waals surface area contributed by atoms with Gasteiger partial charge in [-0.25, -0.2) is 4.98 Å². The number of aryl methyl sites for hydroxylation is 1. The van der Waals surface area contributed by atoms with E-state index in [9.17, 15) is 4.91 Å². The molecule has 1 aliphatic rings. The normalized spacial score (nSPS) is 15.6. The maximum Gasteiger partial charge on any atom is 0.121 e. The third kappa shape index (κ3) is 4.55. The first kappa shape index (κ1) is 21.4. The number of aromatic amines is 1. The average molecular weight is 441 g/mol. The van der Waals surface area contributed by atoms with Gasteiger partial charge >= 0.3 is 0 Å². The van der Waals surface area contributed by atoms with Crippen LogP contribution in [0.15, 0.2) is 66.0 Å². The molecule has 0 bridgehead atoms. The Morgan fingerprint density at radius 2 is 2.00 bits per heavy atom. The number of pyridine rings is 1. The summed E-state index contributed by atoms with van der Waals surface area (Å²) in [6.45, 7) is 1.91. The lowest BCUT2D eigenvalue weighted by molar-refractivity contribution is 0.153. The predicted molar refractivity (Wildman–Crippen MR) is 129 cm³/mol. The Morgan fingerprint density at radius 1 is 1.09 bits per heavy atom. The monoisotopic (exact) mass is 440 g/mol. The highest BCUT2D eigenvalue weighted by Gasteiger charge is 2.28. The fourth-order valence-corrected chi connectivity index (χ4v) is 4.89. The van der Waals surface area contributed by atoms with E-state index in [0.29, 0.717) is 19.6 Å². The zero-order chi connectivity index (χ0) is 22.6. The molecule has 4 aromatic rings. The van der Waals surface area contributed by atoms with Gasteiger partial charge in [-0.05, 0) is 59.7 Å². The quantitative estimate of drug-likeness (QED) is 0.385. The molecule has 0 amide bonds. The molecule has 2 aromatic heterocycles. The second-order valence-electron chi connectivity index (χ2n) is 8.66. The Kier molecular flexibility index (Phi) is 6.24. The number of benzene rings is 2. The molecule has 168 valence electrons. The van der Waals surface area contributed by atoms with Crippen LogP contribution in [0.5, 0.6) is 0 Å². The van der Waals surface area contributed by atoms with Crippen molar-refractivity contribution in [1.29, 1.82) is 0 Å². The van der Waals surface area contributed by atoms with E-state index in [2.05, 4.69) is 27.2 Å². The number of fused-ring (bicyclic) bond motifs is 2. The van der Waals surface area contributed by atoms with Crippen LogP contribution < -0.4 is 5.73 Å². The van der Waals surface area contributed by atoms with Gasteiger partial charge in [0, 0.05) is 19.3 Å². The molecule has 33 heavy (non-hydrogen) atoms. The van der Waals surface area contributed by atoms with Crippen molar-refractivity contribution in [1.82, 2.24) is 19.9 Å². The molecular formula is C26H28N6O. The summed E-state index contributed by atoms with van der Waals surface area (Å²) < 4.78 is 0. The highest BCUT2D eigenvalue weighted by atomic mass is 16.3. The Balaban J connectivity index is 1.52. The minimum Gasteiger partial charge on any atom is -0.341 e. The SMILES string of the molecule is NCc1ccc(CN(Cc2nc3ccccc3[nH]2)C2CCCc3cccnc32)c(CN=O)c1. The van der Waals surface area contributed by atoms with E-state index in [1.54, 1.807) is 0 Å². The number of hydrogen-bond donors (Lipinski definition) is 2. The Bertz CT molecular complexity index is 1230. The molecule has 5 rings (SSSR count). The summed E-state index contributed by atoms with van der Waals surface area (Å²) in [5.74, 6) is 0.924. The molecule has 0 aliphatic heterocycles. The van der Waals surface area contributed by atoms with Crippen LogP contribution in [0.25, 0.3) is 11.0 Å². The summed E-state index contributed by atoms with van der Waals surface area (Å²) in [5.41, 5.74) is 13.3.